The van der Waals surface area contributed by atoms with Crippen LogP contribution in [0.25, 0.3) is 0 Å². The van der Waals surface area contributed by atoms with E-state index < -0.39 is 5.41 Å². The van der Waals surface area contributed by atoms with Crippen molar-refractivity contribution in [1.82, 2.24) is 5.43 Å². The summed E-state index contributed by atoms with van der Waals surface area (Å²) in [6.45, 7) is 9.76. The Bertz CT molecular complexity index is 446. The van der Waals surface area contributed by atoms with Crippen molar-refractivity contribution in [3.8, 4) is 0 Å². The lowest BCUT2D eigenvalue weighted by atomic mass is 9.90. The van der Waals surface area contributed by atoms with E-state index >= 15 is 0 Å². The number of nitrogens with one attached hydrogen (secondary N) is 1. The molecule has 3 heteroatoms. The summed E-state index contributed by atoms with van der Waals surface area (Å²) in [7, 11) is 0. The van der Waals surface area contributed by atoms with Crippen LogP contribution in [0, 0.1) is 12.3 Å². The summed E-state index contributed by atoms with van der Waals surface area (Å²) in [6.07, 6.45) is 0. The second-order valence-electron chi connectivity index (χ2n) is 4.68. The van der Waals surface area contributed by atoms with E-state index in [-0.39, 0.29) is 5.91 Å². The fraction of sp³-hybridized carbons (Fsp3) is 0.308. The third kappa shape index (κ3) is 1.48. The Kier molecular flexibility index (Phi) is 2.26. The first-order valence-electron chi connectivity index (χ1n) is 5.30. The molecule has 0 aromatic heterocycles. The predicted molar refractivity (Wildman–Crippen MR) is 64.7 cm³/mol. The molecule has 1 amide bonds. The summed E-state index contributed by atoms with van der Waals surface area (Å²) < 4.78 is 0. The number of hydrazine groups is 1. The first-order valence-corrected chi connectivity index (χ1v) is 5.30. The third-order valence-corrected chi connectivity index (χ3v) is 3.06. The van der Waals surface area contributed by atoms with E-state index in [9.17, 15) is 4.79 Å². The van der Waals surface area contributed by atoms with Crippen molar-refractivity contribution >= 4 is 11.6 Å². The van der Waals surface area contributed by atoms with Gasteiger partial charge in [-0.05, 0) is 32.9 Å². The fourth-order valence-corrected chi connectivity index (χ4v) is 1.63. The van der Waals surface area contributed by atoms with Crippen LogP contribution in [0.3, 0.4) is 0 Å². The molecule has 0 bridgehead atoms. The monoisotopic (exact) mass is 216 g/mol. The van der Waals surface area contributed by atoms with Gasteiger partial charge in [0, 0.05) is 5.70 Å². The lowest BCUT2D eigenvalue weighted by Crippen LogP contribution is -2.32. The van der Waals surface area contributed by atoms with Gasteiger partial charge < -0.3 is 0 Å². The van der Waals surface area contributed by atoms with Gasteiger partial charge in [-0.15, -0.1) is 0 Å². The standard InChI is InChI=1S/C13H16N2O/c1-9-5-7-11(8-6-9)15-10(2)13(3,4)12(16)14-15/h5-8H,2H2,1,3-4H3,(H,14,16). The summed E-state index contributed by atoms with van der Waals surface area (Å²) in [5.41, 5.74) is 5.20. The molecule has 1 fully saturated rings. The first kappa shape index (κ1) is 10.7. The van der Waals surface area contributed by atoms with E-state index in [1.54, 1.807) is 5.01 Å². The summed E-state index contributed by atoms with van der Waals surface area (Å²) in [6, 6.07) is 7.98. The fourth-order valence-electron chi connectivity index (χ4n) is 1.63. The van der Waals surface area contributed by atoms with Crippen LogP contribution in [-0.4, -0.2) is 5.91 Å². The molecular weight excluding hydrogens is 200 g/mol. The molecule has 1 heterocycles. The summed E-state index contributed by atoms with van der Waals surface area (Å²) in [4.78, 5) is 11.7. The summed E-state index contributed by atoms with van der Waals surface area (Å²) in [5.74, 6) is -0.0157. The van der Waals surface area contributed by atoms with Gasteiger partial charge in [-0.3, -0.25) is 15.2 Å². The molecule has 16 heavy (non-hydrogen) atoms. The van der Waals surface area contributed by atoms with Crippen LogP contribution in [0.4, 0.5) is 5.69 Å². The number of hydrogen-bond donors (Lipinski definition) is 1. The van der Waals surface area contributed by atoms with Crippen LogP contribution < -0.4 is 10.4 Å². The zero-order chi connectivity index (χ0) is 11.9. The van der Waals surface area contributed by atoms with Crippen molar-refractivity contribution < 1.29 is 4.79 Å². The van der Waals surface area contributed by atoms with Gasteiger partial charge in [-0.25, -0.2) is 0 Å². The zero-order valence-electron chi connectivity index (χ0n) is 9.87. The van der Waals surface area contributed by atoms with Gasteiger partial charge >= 0.3 is 0 Å². The first-order chi connectivity index (χ1) is 7.43. The van der Waals surface area contributed by atoms with Gasteiger partial charge in [0.05, 0.1) is 11.1 Å². The van der Waals surface area contributed by atoms with Crippen molar-refractivity contribution in [3.63, 3.8) is 0 Å². The van der Waals surface area contributed by atoms with E-state index in [2.05, 4.69) is 12.0 Å². The highest BCUT2D eigenvalue weighted by Crippen LogP contribution is 2.35. The van der Waals surface area contributed by atoms with Crippen molar-refractivity contribution in [1.29, 1.82) is 0 Å². The SMILES string of the molecule is C=C1N(c2ccc(C)cc2)NC(=O)C1(C)C. The molecule has 0 atom stereocenters. The second-order valence-corrected chi connectivity index (χ2v) is 4.68. The van der Waals surface area contributed by atoms with Gasteiger partial charge in [0.1, 0.15) is 0 Å². The van der Waals surface area contributed by atoms with Crippen LogP contribution in [-0.2, 0) is 4.79 Å². The van der Waals surface area contributed by atoms with E-state index in [1.165, 1.54) is 5.56 Å². The van der Waals surface area contributed by atoms with Crippen molar-refractivity contribution in [2.45, 2.75) is 20.8 Å². The molecule has 0 saturated carbocycles. The van der Waals surface area contributed by atoms with E-state index in [0.29, 0.717) is 0 Å². The van der Waals surface area contributed by atoms with Crippen molar-refractivity contribution in [2.75, 3.05) is 5.01 Å². The Hall–Kier alpha value is -1.77. The number of aryl methyl sites for hydroxylation is 1. The van der Waals surface area contributed by atoms with Crippen molar-refractivity contribution in [2.24, 2.45) is 5.41 Å². The van der Waals surface area contributed by atoms with E-state index in [4.69, 9.17) is 0 Å². The second kappa shape index (κ2) is 3.37. The van der Waals surface area contributed by atoms with Crippen LogP contribution in [0.15, 0.2) is 36.5 Å². The van der Waals surface area contributed by atoms with E-state index in [1.807, 2.05) is 45.0 Å². The minimum absolute atomic E-state index is 0.0157. The van der Waals surface area contributed by atoms with Gasteiger partial charge in [0.15, 0.2) is 0 Å². The summed E-state index contributed by atoms with van der Waals surface area (Å²) in [5, 5.41) is 1.75. The molecule has 3 nitrogen and oxygen atoms in total. The predicted octanol–water partition coefficient (Wildman–Crippen LogP) is 2.39. The number of nitrogens with zero attached hydrogens (tertiary/aromatic N) is 1. The number of amides is 1. The average Bonchev–Trinajstić information content (AvgIpc) is 2.44. The Labute approximate surface area is 95.7 Å². The zero-order valence-corrected chi connectivity index (χ0v) is 9.87. The maximum Gasteiger partial charge on any atom is 0.250 e. The van der Waals surface area contributed by atoms with Crippen LogP contribution >= 0.6 is 0 Å². The molecule has 84 valence electrons. The highest BCUT2D eigenvalue weighted by atomic mass is 16.2. The smallest absolute Gasteiger partial charge is 0.250 e. The van der Waals surface area contributed by atoms with E-state index in [0.717, 1.165) is 11.4 Å². The number of carbonyl (C=O) groups is 1. The Balaban J connectivity index is 2.35. The van der Waals surface area contributed by atoms with Crippen LogP contribution in [0.5, 0.6) is 0 Å². The maximum absolute atomic E-state index is 11.7. The van der Waals surface area contributed by atoms with Gasteiger partial charge in [0.2, 0.25) is 5.91 Å². The molecular formula is C13H16N2O. The average molecular weight is 216 g/mol. The number of rotatable bonds is 1. The number of benzene rings is 1. The molecule has 1 saturated heterocycles. The minimum Gasteiger partial charge on any atom is -0.272 e. The maximum atomic E-state index is 11.7. The Morgan fingerprint density at radius 1 is 1.25 bits per heavy atom. The molecule has 1 aliphatic heterocycles. The number of carbonyl (C=O) groups excluding carboxylic acids is 1. The molecule has 0 spiro atoms. The van der Waals surface area contributed by atoms with Gasteiger partial charge in [0.25, 0.3) is 0 Å². The molecule has 1 aromatic carbocycles. The van der Waals surface area contributed by atoms with Gasteiger partial charge in [-0.2, -0.15) is 0 Å². The topological polar surface area (TPSA) is 32.3 Å². The summed E-state index contributed by atoms with van der Waals surface area (Å²) >= 11 is 0. The molecule has 0 radical (unpaired) electrons. The molecule has 2 rings (SSSR count). The highest BCUT2D eigenvalue weighted by molar-refractivity contribution is 5.91. The molecule has 1 N–H and O–H groups in total. The lowest BCUT2D eigenvalue weighted by molar-refractivity contribution is -0.125. The Morgan fingerprint density at radius 2 is 1.81 bits per heavy atom. The highest BCUT2D eigenvalue weighted by Gasteiger charge is 2.42. The molecule has 1 aromatic rings. The largest absolute Gasteiger partial charge is 0.272 e. The normalized spacial score (nSPS) is 18.8. The van der Waals surface area contributed by atoms with Crippen LogP contribution in [0.2, 0.25) is 0 Å². The van der Waals surface area contributed by atoms with Crippen molar-refractivity contribution in [3.05, 3.63) is 42.1 Å². The number of anilines is 1. The Morgan fingerprint density at radius 3 is 2.25 bits per heavy atom. The van der Waals surface area contributed by atoms with Crippen LogP contribution in [0.1, 0.15) is 19.4 Å². The molecule has 1 aliphatic rings. The lowest BCUT2D eigenvalue weighted by Gasteiger charge is -2.21. The number of hydrogen-bond acceptors (Lipinski definition) is 2. The third-order valence-electron chi connectivity index (χ3n) is 3.06. The molecule has 0 unspecified atom stereocenters. The minimum atomic E-state index is -0.537. The quantitative estimate of drug-likeness (QED) is 0.781. The molecule has 0 aliphatic carbocycles. The van der Waals surface area contributed by atoms with Gasteiger partial charge in [-0.1, -0.05) is 24.3 Å².